The van der Waals surface area contributed by atoms with Gasteiger partial charge in [0.15, 0.2) is 9.84 Å². The van der Waals surface area contributed by atoms with E-state index >= 15 is 0 Å². The van der Waals surface area contributed by atoms with E-state index in [4.69, 9.17) is 12.2 Å². The van der Waals surface area contributed by atoms with Crippen LogP contribution in [0.5, 0.6) is 0 Å². The molecular formula is C16H14N2O4S3. The van der Waals surface area contributed by atoms with E-state index in [9.17, 15) is 18.0 Å². The van der Waals surface area contributed by atoms with Crippen LogP contribution in [-0.2, 0) is 14.6 Å². The lowest BCUT2D eigenvalue weighted by Crippen LogP contribution is -2.35. The van der Waals surface area contributed by atoms with Crippen LogP contribution >= 0.6 is 24.0 Å². The van der Waals surface area contributed by atoms with Crippen LogP contribution in [-0.4, -0.2) is 48.3 Å². The number of benzene rings is 1. The summed E-state index contributed by atoms with van der Waals surface area (Å²) >= 11 is 6.31. The molecule has 6 nitrogen and oxygen atoms in total. The van der Waals surface area contributed by atoms with Crippen molar-refractivity contribution in [3.05, 3.63) is 51.8 Å². The fraction of sp³-hybridized carbons (Fsp3) is 0.188. The lowest BCUT2D eigenvalue weighted by atomic mass is 10.1. The summed E-state index contributed by atoms with van der Waals surface area (Å²) in [5.41, 5.74) is 1.19. The molecule has 1 fully saturated rings. The summed E-state index contributed by atoms with van der Waals surface area (Å²) in [6.07, 6.45) is 3.19. The highest BCUT2D eigenvalue weighted by atomic mass is 32.2. The quantitative estimate of drug-likeness (QED) is 0.619. The second kappa shape index (κ2) is 6.74. The summed E-state index contributed by atoms with van der Waals surface area (Å²) in [4.78, 5) is 26.1. The van der Waals surface area contributed by atoms with Crippen LogP contribution in [0, 0.1) is 0 Å². The largest absolute Gasteiger partial charge is 0.345 e. The number of rotatable bonds is 3. The first-order valence-corrected chi connectivity index (χ1v) is 10.2. The Morgan fingerprint density at radius 1 is 1.36 bits per heavy atom. The van der Waals surface area contributed by atoms with Crippen molar-refractivity contribution >= 4 is 56.0 Å². The van der Waals surface area contributed by atoms with Crippen LogP contribution < -0.4 is 5.32 Å². The van der Waals surface area contributed by atoms with Gasteiger partial charge in [-0.1, -0.05) is 36.1 Å². The van der Waals surface area contributed by atoms with Gasteiger partial charge in [-0.25, -0.2) is 8.42 Å². The van der Waals surface area contributed by atoms with Crippen molar-refractivity contribution in [2.24, 2.45) is 0 Å². The smallest absolute Gasteiger partial charge is 0.265 e. The van der Waals surface area contributed by atoms with E-state index in [1.165, 1.54) is 22.7 Å². The zero-order valence-corrected chi connectivity index (χ0v) is 15.6. The summed E-state index contributed by atoms with van der Waals surface area (Å²) in [6.45, 7) is 0. The standard InChI is InChI=1S/C16H14N2O4S3/c1-18-15(20)13(24-16(18)23)8-10-2-4-11(5-3-10)14(19)17-12-6-7-25(21,22)9-12/h2-8,12H,9H2,1H3,(H,17,19)/b13-8-. The molecule has 1 N–H and O–H groups in total. The molecule has 0 saturated carbocycles. The molecule has 1 aromatic rings. The summed E-state index contributed by atoms with van der Waals surface area (Å²) in [5, 5.41) is 3.78. The van der Waals surface area contributed by atoms with Crippen molar-refractivity contribution in [2.75, 3.05) is 12.8 Å². The minimum absolute atomic E-state index is 0.115. The van der Waals surface area contributed by atoms with Crippen molar-refractivity contribution in [2.45, 2.75) is 6.04 Å². The predicted octanol–water partition coefficient (Wildman–Crippen LogP) is 1.56. The molecule has 0 spiro atoms. The van der Waals surface area contributed by atoms with Gasteiger partial charge in [-0.3, -0.25) is 14.5 Å². The first-order valence-electron chi connectivity index (χ1n) is 7.29. The average Bonchev–Trinajstić information content (AvgIpc) is 3.02. The third kappa shape index (κ3) is 4.00. The number of amides is 2. The normalized spacial score (nSPS) is 23.5. The number of nitrogens with one attached hydrogen (secondary N) is 1. The molecule has 2 aliphatic rings. The van der Waals surface area contributed by atoms with E-state index < -0.39 is 15.9 Å². The maximum absolute atomic E-state index is 12.2. The van der Waals surface area contributed by atoms with Crippen LogP contribution in [0.3, 0.4) is 0 Å². The number of thioether (sulfide) groups is 1. The van der Waals surface area contributed by atoms with E-state index in [0.29, 0.717) is 14.8 Å². The molecule has 0 aliphatic carbocycles. The van der Waals surface area contributed by atoms with Crippen LogP contribution in [0.4, 0.5) is 0 Å². The number of hydrogen-bond acceptors (Lipinski definition) is 6. The fourth-order valence-electron chi connectivity index (χ4n) is 2.35. The molecule has 1 atom stereocenters. The Hall–Kier alpha value is -1.97. The maximum atomic E-state index is 12.2. The van der Waals surface area contributed by atoms with Gasteiger partial charge in [0.2, 0.25) is 0 Å². The molecule has 130 valence electrons. The minimum atomic E-state index is -3.21. The average molecular weight is 394 g/mol. The highest BCUT2D eigenvalue weighted by Crippen LogP contribution is 2.31. The number of sulfone groups is 1. The highest BCUT2D eigenvalue weighted by Gasteiger charge is 2.28. The fourth-order valence-corrected chi connectivity index (χ4v) is 4.76. The summed E-state index contributed by atoms with van der Waals surface area (Å²) in [5.74, 6) is -0.611. The van der Waals surface area contributed by atoms with Gasteiger partial charge < -0.3 is 5.32 Å². The minimum Gasteiger partial charge on any atom is -0.345 e. The lowest BCUT2D eigenvalue weighted by molar-refractivity contribution is -0.121. The SMILES string of the molecule is CN1C(=O)/C(=C/c2ccc(C(=O)NC3C=CS(=O)(=O)C3)cc2)SC1=S. The molecule has 25 heavy (non-hydrogen) atoms. The first kappa shape index (κ1) is 17.8. The molecule has 0 bridgehead atoms. The molecular weight excluding hydrogens is 380 g/mol. The predicted molar refractivity (Wildman–Crippen MR) is 102 cm³/mol. The maximum Gasteiger partial charge on any atom is 0.265 e. The van der Waals surface area contributed by atoms with E-state index in [0.717, 1.165) is 11.0 Å². The van der Waals surface area contributed by atoms with Crippen molar-refractivity contribution < 1.29 is 18.0 Å². The van der Waals surface area contributed by atoms with Gasteiger partial charge >= 0.3 is 0 Å². The van der Waals surface area contributed by atoms with Gasteiger partial charge in [-0.2, -0.15) is 0 Å². The van der Waals surface area contributed by atoms with Gasteiger partial charge in [0.05, 0.1) is 16.7 Å². The zero-order valence-electron chi connectivity index (χ0n) is 13.1. The summed E-state index contributed by atoms with van der Waals surface area (Å²) in [7, 11) is -1.58. The van der Waals surface area contributed by atoms with E-state index in [-0.39, 0.29) is 17.6 Å². The van der Waals surface area contributed by atoms with Crippen molar-refractivity contribution in [3.8, 4) is 0 Å². The van der Waals surface area contributed by atoms with Crippen LogP contribution in [0.25, 0.3) is 6.08 Å². The summed E-state index contributed by atoms with van der Waals surface area (Å²) in [6, 6.07) is 6.18. The van der Waals surface area contributed by atoms with Gasteiger partial charge in [0.25, 0.3) is 11.8 Å². The third-order valence-electron chi connectivity index (χ3n) is 3.70. The molecule has 2 amide bonds. The van der Waals surface area contributed by atoms with E-state index in [1.54, 1.807) is 37.4 Å². The third-order valence-corrected chi connectivity index (χ3v) is 6.58. The first-order chi connectivity index (χ1) is 11.7. The Labute approximate surface area is 154 Å². The summed E-state index contributed by atoms with van der Waals surface area (Å²) < 4.78 is 23.2. The molecule has 9 heteroatoms. The monoisotopic (exact) mass is 394 g/mol. The molecule has 0 radical (unpaired) electrons. The van der Waals surface area contributed by atoms with Crippen LogP contribution in [0.15, 0.2) is 40.7 Å². The second-order valence-corrected chi connectivity index (χ2v) is 9.21. The van der Waals surface area contributed by atoms with Gasteiger partial charge in [0.1, 0.15) is 4.32 Å². The van der Waals surface area contributed by atoms with Crippen LogP contribution in [0.2, 0.25) is 0 Å². The lowest BCUT2D eigenvalue weighted by Gasteiger charge is -2.10. The Kier molecular flexibility index (Phi) is 4.81. The van der Waals surface area contributed by atoms with E-state index in [1.807, 2.05) is 0 Å². The van der Waals surface area contributed by atoms with Crippen LogP contribution in [0.1, 0.15) is 15.9 Å². The van der Waals surface area contributed by atoms with E-state index in [2.05, 4.69) is 5.32 Å². The number of carbonyl (C=O) groups excluding carboxylic acids is 2. The van der Waals surface area contributed by atoms with Crippen molar-refractivity contribution in [3.63, 3.8) is 0 Å². The Morgan fingerprint density at radius 2 is 2.04 bits per heavy atom. The second-order valence-electron chi connectivity index (χ2n) is 5.60. The van der Waals surface area contributed by atoms with Gasteiger partial charge in [-0.15, -0.1) is 0 Å². The molecule has 1 aromatic carbocycles. The van der Waals surface area contributed by atoms with Gasteiger partial charge in [-0.05, 0) is 29.8 Å². The zero-order chi connectivity index (χ0) is 18.2. The molecule has 2 heterocycles. The number of likely N-dealkylation sites (N-methyl/N-ethyl adjacent to an activating group) is 1. The number of hydrogen-bond donors (Lipinski definition) is 1. The van der Waals surface area contributed by atoms with Gasteiger partial charge in [0, 0.05) is 18.0 Å². The Bertz CT molecular complexity index is 917. The number of carbonyl (C=O) groups is 2. The Balaban J connectivity index is 1.68. The number of thiocarbonyl (C=S) groups is 1. The molecule has 0 aromatic heterocycles. The molecule has 3 rings (SSSR count). The van der Waals surface area contributed by atoms with Crippen molar-refractivity contribution in [1.82, 2.24) is 10.2 Å². The highest BCUT2D eigenvalue weighted by molar-refractivity contribution is 8.26. The molecule has 1 unspecified atom stereocenters. The molecule has 1 saturated heterocycles. The number of nitrogens with zero attached hydrogens (tertiary/aromatic N) is 1. The molecule has 2 aliphatic heterocycles. The van der Waals surface area contributed by atoms with Crippen molar-refractivity contribution in [1.29, 1.82) is 0 Å². The topological polar surface area (TPSA) is 83.6 Å². The Morgan fingerprint density at radius 3 is 2.56 bits per heavy atom.